The van der Waals surface area contributed by atoms with Crippen molar-refractivity contribution >= 4 is 23.4 Å². The molecule has 1 saturated carbocycles. The molecule has 7 nitrogen and oxygen atoms in total. The SMILES string of the molecule is CC1C(=O)N(NC(=O)[C@H](C)NC(=O)C(O)C2CCCC2)c2ccccc2-c2ccccc21. The molecule has 1 aliphatic carbocycles. The van der Waals surface area contributed by atoms with Crippen LogP contribution < -0.4 is 15.8 Å². The van der Waals surface area contributed by atoms with Gasteiger partial charge in [0.25, 0.3) is 11.8 Å². The smallest absolute Gasteiger partial charge is 0.261 e. The Morgan fingerprint density at radius 2 is 1.62 bits per heavy atom. The molecule has 2 aromatic carbocycles. The van der Waals surface area contributed by atoms with Gasteiger partial charge in [0.05, 0.1) is 11.6 Å². The summed E-state index contributed by atoms with van der Waals surface area (Å²) in [7, 11) is 0. The van der Waals surface area contributed by atoms with Gasteiger partial charge in [0.1, 0.15) is 12.1 Å². The zero-order valence-corrected chi connectivity index (χ0v) is 18.4. The van der Waals surface area contributed by atoms with Gasteiger partial charge in [-0.25, -0.2) is 5.01 Å². The Balaban J connectivity index is 1.53. The number of hydrazine groups is 1. The van der Waals surface area contributed by atoms with Gasteiger partial charge in [0, 0.05) is 5.56 Å². The molecule has 168 valence electrons. The standard InChI is InChI=1S/C25H29N3O4/c1-15-18-11-5-6-12-19(18)20-13-7-8-14-21(20)28(25(15)32)27-23(30)16(2)26-24(31)22(29)17-9-3-4-10-17/h5-8,11-17,22,29H,3-4,9-10H2,1-2H3,(H,26,31)(H,27,30)/t15?,16-,22?/m0/s1. The number of carbonyl (C=O) groups is 3. The Bertz CT molecular complexity index is 1030. The number of amides is 3. The topological polar surface area (TPSA) is 98.7 Å². The molecule has 2 aliphatic rings. The molecule has 0 bridgehead atoms. The van der Waals surface area contributed by atoms with Crippen LogP contribution in [0.25, 0.3) is 11.1 Å². The molecule has 0 radical (unpaired) electrons. The molecule has 3 amide bonds. The highest BCUT2D eigenvalue weighted by Gasteiger charge is 2.34. The normalized spacial score (nSPS) is 20.0. The van der Waals surface area contributed by atoms with E-state index in [0.29, 0.717) is 5.69 Å². The van der Waals surface area contributed by atoms with Crippen LogP contribution in [0.4, 0.5) is 5.69 Å². The van der Waals surface area contributed by atoms with Gasteiger partial charge in [-0.3, -0.25) is 19.8 Å². The monoisotopic (exact) mass is 435 g/mol. The van der Waals surface area contributed by atoms with Gasteiger partial charge >= 0.3 is 0 Å². The third-order valence-corrected chi connectivity index (χ3v) is 6.54. The van der Waals surface area contributed by atoms with Crippen molar-refractivity contribution in [1.82, 2.24) is 10.7 Å². The Hall–Kier alpha value is -3.19. The second kappa shape index (κ2) is 9.12. The molecule has 0 aromatic heterocycles. The van der Waals surface area contributed by atoms with Crippen LogP contribution in [0.2, 0.25) is 0 Å². The molecule has 2 aromatic rings. The summed E-state index contributed by atoms with van der Waals surface area (Å²) in [5.41, 5.74) is 5.95. The number of carbonyl (C=O) groups excluding carboxylic acids is 3. The van der Waals surface area contributed by atoms with E-state index in [0.717, 1.165) is 42.4 Å². The molecule has 1 heterocycles. The van der Waals surface area contributed by atoms with Crippen LogP contribution >= 0.6 is 0 Å². The van der Waals surface area contributed by atoms with E-state index in [1.165, 1.54) is 5.01 Å². The Kier molecular flexibility index (Phi) is 6.28. The van der Waals surface area contributed by atoms with Crippen LogP contribution in [0.15, 0.2) is 48.5 Å². The Morgan fingerprint density at radius 3 is 2.34 bits per heavy atom. The number of para-hydroxylation sites is 1. The highest BCUT2D eigenvalue weighted by Crippen LogP contribution is 2.40. The predicted molar refractivity (Wildman–Crippen MR) is 121 cm³/mol. The number of aliphatic hydroxyl groups is 1. The lowest BCUT2D eigenvalue weighted by Crippen LogP contribution is -2.55. The molecule has 3 atom stereocenters. The lowest BCUT2D eigenvalue weighted by atomic mass is 9.92. The van der Waals surface area contributed by atoms with E-state index in [9.17, 15) is 19.5 Å². The summed E-state index contributed by atoms with van der Waals surface area (Å²) in [6.07, 6.45) is 2.51. The summed E-state index contributed by atoms with van der Waals surface area (Å²) >= 11 is 0. The first kappa shape index (κ1) is 22.0. The van der Waals surface area contributed by atoms with Crippen LogP contribution in [0.3, 0.4) is 0 Å². The summed E-state index contributed by atoms with van der Waals surface area (Å²) in [6, 6.07) is 14.2. The van der Waals surface area contributed by atoms with E-state index in [4.69, 9.17) is 0 Å². The number of hydrogen-bond donors (Lipinski definition) is 3. The number of aliphatic hydroxyl groups excluding tert-OH is 1. The maximum absolute atomic E-state index is 13.3. The minimum Gasteiger partial charge on any atom is -0.383 e. The number of hydrogen-bond acceptors (Lipinski definition) is 4. The van der Waals surface area contributed by atoms with Crippen LogP contribution in [0.1, 0.15) is 51.0 Å². The zero-order valence-electron chi connectivity index (χ0n) is 18.4. The van der Waals surface area contributed by atoms with Gasteiger partial charge in [0.15, 0.2) is 0 Å². The van der Waals surface area contributed by atoms with Crippen LogP contribution in [0.5, 0.6) is 0 Å². The molecule has 0 saturated heterocycles. The van der Waals surface area contributed by atoms with Crippen LogP contribution in [-0.4, -0.2) is 35.0 Å². The van der Waals surface area contributed by atoms with Crippen molar-refractivity contribution < 1.29 is 19.5 Å². The summed E-state index contributed by atoms with van der Waals surface area (Å²) in [5, 5.41) is 14.2. The molecule has 1 fully saturated rings. The number of anilines is 1. The van der Waals surface area contributed by atoms with Gasteiger partial charge in [-0.2, -0.15) is 0 Å². The Morgan fingerprint density at radius 1 is 1.00 bits per heavy atom. The minimum absolute atomic E-state index is 0.0660. The summed E-state index contributed by atoms with van der Waals surface area (Å²) < 4.78 is 0. The fraction of sp³-hybridized carbons (Fsp3) is 0.400. The average Bonchev–Trinajstić information content (AvgIpc) is 3.33. The summed E-state index contributed by atoms with van der Waals surface area (Å²) in [5.74, 6) is -1.88. The van der Waals surface area contributed by atoms with E-state index >= 15 is 0 Å². The van der Waals surface area contributed by atoms with E-state index in [-0.39, 0.29) is 11.8 Å². The van der Waals surface area contributed by atoms with E-state index < -0.39 is 29.9 Å². The second-order valence-electron chi connectivity index (χ2n) is 8.70. The quantitative estimate of drug-likeness (QED) is 0.673. The lowest BCUT2D eigenvalue weighted by Gasteiger charge is -2.27. The van der Waals surface area contributed by atoms with E-state index in [1.54, 1.807) is 13.0 Å². The molecule has 3 N–H and O–H groups in total. The van der Waals surface area contributed by atoms with Crippen molar-refractivity contribution in [3.8, 4) is 11.1 Å². The molecular formula is C25H29N3O4. The maximum atomic E-state index is 13.3. The van der Waals surface area contributed by atoms with Gasteiger partial charge in [-0.1, -0.05) is 55.3 Å². The van der Waals surface area contributed by atoms with Gasteiger partial charge in [0.2, 0.25) is 5.91 Å². The third-order valence-electron chi connectivity index (χ3n) is 6.54. The van der Waals surface area contributed by atoms with Crippen molar-refractivity contribution in [2.75, 3.05) is 5.01 Å². The number of rotatable bonds is 5. The van der Waals surface area contributed by atoms with Gasteiger partial charge in [-0.15, -0.1) is 0 Å². The van der Waals surface area contributed by atoms with Crippen molar-refractivity contribution in [2.24, 2.45) is 5.92 Å². The average molecular weight is 436 g/mol. The lowest BCUT2D eigenvalue weighted by molar-refractivity contribution is -0.136. The third kappa shape index (κ3) is 4.12. The number of nitrogens with one attached hydrogen (secondary N) is 2. The first-order valence-electron chi connectivity index (χ1n) is 11.2. The molecule has 0 spiro atoms. The largest absolute Gasteiger partial charge is 0.383 e. The summed E-state index contributed by atoms with van der Waals surface area (Å²) in [4.78, 5) is 38.7. The molecule has 2 unspecified atom stereocenters. The molecular weight excluding hydrogens is 406 g/mol. The van der Waals surface area contributed by atoms with Crippen LogP contribution in [0, 0.1) is 5.92 Å². The first-order chi connectivity index (χ1) is 15.4. The van der Waals surface area contributed by atoms with Gasteiger partial charge in [-0.05, 0) is 49.8 Å². The highest BCUT2D eigenvalue weighted by molar-refractivity contribution is 6.06. The van der Waals surface area contributed by atoms with Crippen molar-refractivity contribution in [1.29, 1.82) is 0 Å². The number of nitrogens with zero attached hydrogens (tertiary/aromatic N) is 1. The maximum Gasteiger partial charge on any atom is 0.261 e. The number of fused-ring (bicyclic) bond motifs is 3. The molecule has 7 heteroatoms. The molecule has 4 rings (SSSR count). The first-order valence-corrected chi connectivity index (χ1v) is 11.2. The van der Waals surface area contributed by atoms with E-state index in [1.807, 2.05) is 49.4 Å². The highest BCUT2D eigenvalue weighted by atomic mass is 16.3. The van der Waals surface area contributed by atoms with Crippen molar-refractivity contribution in [3.05, 3.63) is 54.1 Å². The zero-order chi connectivity index (χ0) is 22.8. The Labute approximate surface area is 187 Å². The second-order valence-corrected chi connectivity index (χ2v) is 8.70. The molecule has 1 aliphatic heterocycles. The number of benzene rings is 2. The fourth-order valence-corrected chi connectivity index (χ4v) is 4.64. The van der Waals surface area contributed by atoms with E-state index in [2.05, 4.69) is 10.7 Å². The minimum atomic E-state index is -1.12. The van der Waals surface area contributed by atoms with Crippen LogP contribution in [-0.2, 0) is 14.4 Å². The summed E-state index contributed by atoms with van der Waals surface area (Å²) in [6.45, 7) is 3.36. The van der Waals surface area contributed by atoms with Gasteiger partial charge < -0.3 is 10.4 Å². The molecule has 32 heavy (non-hydrogen) atoms. The fourth-order valence-electron chi connectivity index (χ4n) is 4.64. The van der Waals surface area contributed by atoms with Crippen molar-refractivity contribution in [2.45, 2.75) is 57.6 Å². The predicted octanol–water partition coefficient (Wildman–Crippen LogP) is 2.89. The van der Waals surface area contributed by atoms with Crippen molar-refractivity contribution in [3.63, 3.8) is 0 Å².